The van der Waals surface area contributed by atoms with Crippen molar-refractivity contribution >= 4 is 11.8 Å². The molecule has 4 fully saturated rings. The zero-order valence-electron chi connectivity index (χ0n) is 23.3. The Morgan fingerprint density at radius 1 is 1.03 bits per heavy atom. The van der Waals surface area contributed by atoms with Crippen LogP contribution < -0.4 is 0 Å². The number of esters is 1. The van der Waals surface area contributed by atoms with Crippen molar-refractivity contribution in [3.05, 3.63) is 11.6 Å². The van der Waals surface area contributed by atoms with Crippen molar-refractivity contribution in [3.8, 4) is 6.07 Å². The number of ketones is 1. The SMILES string of the molecule is COC(=O)[C@@]12CCC3C(C1CC(C)(C)CC2)[C@@H](O)C[C@@H]1[C@@]2(C)C=C(C#N)C(=O)C(C)(C)[C@@H]2CC[C@@]31C. The summed E-state index contributed by atoms with van der Waals surface area (Å²) >= 11 is 0. The molecule has 5 aliphatic rings. The fourth-order valence-electron chi connectivity index (χ4n) is 10.8. The Bertz CT molecular complexity index is 1050. The lowest BCUT2D eigenvalue weighted by Gasteiger charge is -2.69. The molecule has 0 heterocycles. The van der Waals surface area contributed by atoms with Gasteiger partial charge in [-0.15, -0.1) is 0 Å². The second-order valence-electron chi connectivity index (χ2n) is 14.9. The first kappa shape index (κ1) is 26.0. The van der Waals surface area contributed by atoms with E-state index in [-0.39, 0.29) is 51.7 Å². The molecule has 36 heavy (non-hydrogen) atoms. The fraction of sp³-hybridized carbons (Fsp3) is 0.839. The van der Waals surface area contributed by atoms with Crippen LogP contribution >= 0.6 is 0 Å². The largest absolute Gasteiger partial charge is 0.469 e. The Labute approximate surface area is 217 Å². The number of carbonyl (C=O) groups is 2. The van der Waals surface area contributed by atoms with Gasteiger partial charge in [0.05, 0.1) is 24.2 Å². The number of aliphatic hydroxyl groups is 1. The van der Waals surface area contributed by atoms with Gasteiger partial charge >= 0.3 is 5.97 Å². The lowest BCUT2D eigenvalue weighted by molar-refractivity contribution is -0.224. The van der Waals surface area contributed by atoms with Crippen LogP contribution in [0.1, 0.15) is 92.9 Å². The second kappa shape index (κ2) is 7.92. The highest BCUT2D eigenvalue weighted by molar-refractivity contribution is 6.04. The van der Waals surface area contributed by atoms with Crippen molar-refractivity contribution in [3.63, 3.8) is 0 Å². The normalized spacial score (nSPS) is 48.8. The van der Waals surface area contributed by atoms with E-state index in [9.17, 15) is 20.0 Å². The summed E-state index contributed by atoms with van der Waals surface area (Å²) in [5.74, 6) is 0.763. The lowest BCUT2D eigenvalue weighted by Crippen LogP contribution is -2.66. The van der Waals surface area contributed by atoms with E-state index < -0.39 is 16.9 Å². The smallest absolute Gasteiger partial charge is 0.312 e. The van der Waals surface area contributed by atoms with Crippen molar-refractivity contribution in [2.75, 3.05) is 7.11 Å². The molecule has 0 aliphatic heterocycles. The standard InChI is InChI=1S/C31H45NO4/c1-27(2)12-13-31(26(35)36-7)11-8-19-24(20(31)16-27)21(33)14-23-29(19,5)10-9-22-28(3,4)25(34)18(17-32)15-30(22,23)6/h15,19-24,33H,8-14,16H2,1-7H3/t19?,20?,21-,22-,23-,24?,29-,30-,31+/m0/s1. The van der Waals surface area contributed by atoms with Crippen LogP contribution in [0.25, 0.3) is 0 Å². The van der Waals surface area contributed by atoms with E-state index in [1.54, 1.807) is 0 Å². The average Bonchev–Trinajstić information content (AvgIpc) is 2.81. The first-order chi connectivity index (χ1) is 16.7. The quantitative estimate of drug-likeness (QED) is 0.460. The maximum absolute atomic E-state index is 13.3. The molecule has 9 atom stereocenters. The van der Waals surface area contributed by atoms with Crippen LogP contribution in [0.4, 0.5) is 0 Å². The Morgan fingerprint density at radius 3 is 2.36 bits per heavy atom. The molecule has 0 saturated heterocycles. The molecule has 1 N–H and O–H groups in total. The van der Waals surface area contributed by atoms with Crippen LogP contribution in [0.3, 0.4) is 0 Å². The minimum Gasteiger partial charge on any atom is -0.469 e. The number of rotatable bonds is 1. The minimum absolute atomic E-state index is 0.00739. The molecular formula is C31H45NO4. The molecule has 4 saturated carbocycles. The van der Waals surface area contributed by atoms with Crippen molar-refractivity contribution in [1.82, 2.24) is 0 Å². The molecule has 5 aliphatic carbocycles. The number of hydrogen-bond donors (Lipinski definition) is 1. The van der Waals surface area contributed by atoms with Gasteiger partial charge in [-0.2, -0.15) is 5.26 Å². The number of ether oxygens (including phenoxy) is 1. The highest BCUT2D eigenvalue weighted by atomic mass is 16.5. The van der Waals surface area contributed by atoms with Crippen molar-refractivity contribution < 1.29 is 19.4 Å². The van der Waals surface area contributed by atoms with Gasteiger partial charge in [0.1, 0.15) is 6.07 Å². The van der Waals surface area contributed by atoms with Gasteiger partial charge in [0, 0.05) is 5.41 Å². The Morgan fingerprint density at radius 2 is 1.72 bits per heavy atom. The van der Waals surface area contributed by atoms with Gasteiger partial charge in [-0.3, -0.25) is 9.59 Å². The third kappa shape index (κ3) is 3.22. The lowest BCUT2D eigenvalue weighted by atomic mass is 9.35. The van der Waals surface area contributed by atoms with E-state index in [1.165, 1.54) is 7.11 Å². The van der Waals surface area contributed by atoms with Crippen LogP contribution in [-0.2, 0) is 14.3 Å². The van der Waals surface area contributed by atoms with Gasteiger partial charge in [0.15, 0.2) is 5.78 Å². The number of Topliss-reactive ketones (excluding diaryl/α,β-unsaturated/α-hetero) is 1. The summed E-state index contributed by atoms with van der Waals surface area (Å²) in [6.45, 7) is 13.3. The average molecular weight is 496 g/mol. The zero-order chi connectivity index (χ0) is 26.5. The molecule has 5 rings (SSSR count). The highest BCUT2D eigenvalue weighted by Crippen LogP contribution is 2.72. The van der Waals surface area contributed by atoms with Crippen molar-refractivity contribution in [2.24, 2.45) is 56.7 Å². The molecule has 5 heteroatoms. The Hall–Kier alpha value is -1.67. The van der Waals surface area contributed by atoms with Gasteiger partial charge in [-0.1, -0.05) is 47.6 Å². The second-order valence-corrected chi connectivity index (χ2v) is 14.9. The van der Waals surface area contributed by atoms with Gasteiger partial charge in [0.2, 0.25) is 0 Å². The van der Waals surface area contributed by atoms with Crippen molar-refractivity contribution in [2.45, 2.75) is 99.0 Å². The number of aliphatic hydroxyl groups excluding tert-OH is 1. The van der Waals surface area contributed by atoms with Crippen LogP contribution in [0.5, 0.6) is 0 Å². The number of carbonyl (C=O) groups excluding carboxylic acids is 2. The van der Waals surface area contributed by atoms with E-state index in [0.29, 0.717) is 17.9 Å². The maximum Gasteiger partial charge on any atom is 0.312 e. The third-order valence-electron chi connectivity index (χ3n) is 12.5. The van der Waals surface area contributed by atoms with E-state index in [0.717, 1.165) is 44.9 Å². The number of nitriles is 1. The van der Waals surface area contributed by atoms with Crippen LogP contribution in [0.15, 0.2) is 11.6 Å². The molecule has 5 nitrogen and oxygen atoms in total. The van der Waals surface area contributed by atoms with Gasteiger partial charge in [-0.05, 0) is 97.2 Å². The maximum atomic E-state index is 13.3. The fourth-order valence-corrected chi connectivity index (χ4v) is 10.8. The monoisotopic (exact) mass is 495 g/mol. The Kier molecular flexibility index (Phi) is 5.71. The number of fused-ring (bicyclic) bond motifs is 7. The van der Waals surface area contributed by atoms with Crippen LogP contribution in [0.2, 0.25) is 0 Å². The summed E-state index contributed by atoms with van der Waals surface area (Å²) in [4.78, 5) is 26.5. The summed E-state index contributed by atoms with van der Waals surface area (Å²) in [7, 11) is 1.52. The van der Waals surface area contributed by atoms with E-state index >= 15 is 0 Å². The molecule has 0 radical (unpaired) electrons. The number of methoxy groups -OCH3 is 1. The number of hydrogen-bond acceptors (Lipinski definition) is 5. The highest BCUT2D eigenvalue weighted by Gasteiger charge is 2.69. The molecule has 0 aromatic heterocycles. The molecule has 0 aromatic carbocycles. The zero-order valence-corrected chi connectivity index (χ0v) is 23.3. The van der Waals surface area contributed by atoms with Gasteiger partial charge < -0.3 is 9.84 Å². The first-order valence-corrected chi connectivity index (χ1v) is 14.1. The van der Waals surface area contributed by atoms with Crippen LogP contribution in [-0.4, -0.2) is 30.1 Å². The summed E-state index contributed by atoms with van der Waals surface area (Å²) in [6, 6.07) is 2.21. The summed E-state index contributed by atoms with van der Waals surface area (Å²) in [6.07, 6.45) is 8.71. The van der Waals surface area contributed by atoms with Crippen LogP contribution in [0, 0.1) is 68.0 Å². The first-order valence-electron chi connectivity index (χ1n) is 14.1. The van der Waals surface area contributed by atoms with Gasteiger partial charge in [0.25, 0.3) is 0 Å². The molecule has 0 amide bonds. The summed E-state index contributed by atoms with van der Waals surface area (Å²) < 4.78 is 5.42. The van der Waals surface area contributed by atoms with Crippen molar-refractivity contribution in [1.29, 1.82) is 5.26 Å². The summed E-state index contributed by atoms with van der Waals surface area (Å²) in [5, 5.41) is 21.8. The van der Waals surface area contributed by atoms with E-state index in [2.05, 4.69) is 33.8 Å². The molecule has 0 spiro atoms. The molecule has 198 valence electrons. The number of allylic oxidation sites excluding steroid dienone is 2. The predicted molar refractivity (Wildman–Crippen MR) is 137 cm³/mol. The third-order valence-corrected chi connectivity index (χ3v) is 12.5. The molecule has 3 unspecified atom stereocenters. The number of nitrogens with zero attached hydrogens (tertiary/aromatic N) is 1. The molecule has 0 aromatic rings. The van der Waals surface area contributed by atoms with E-state index in [4.69, 9.17) is 4.74 Å². The minimum atomic E-state index is -0.586. The molecule has 0 bridgehead atoms. The van der Waals surface area contributed by atoms with E-state index in [1.807, 2.05) is 19.9 Å². The molecular weight excluding hydrogens is 450 g/mol. The summed E-state index contributed by atoms with van der Waals surface area (Å²) in [5.41, 5.74) is -0.955. The van der Waals surface area contributed by atoms with Gasteiger partial charge in [-0.25, -0.2) is 0 Å². The predicted octanol–water partition coefficient (Wildman–Crippen LogP) is 5.86. The topological polar surface area (TPSA) is 87.4 Å². The Balaban J connectivity index is 1.59.